The van der Waals surface area contributed by atoms with E-state index in [0.717, 1.165) is 11.1 Å². The van der Waals surface area contributed by atoms with Crippen molar-refractivity contribution >= 4 is 26.0 Å². The van der Waals surface area contributed by atoms with Gasteiger partial charge in [0.15, 0.2) is 0 Å². The van der Waals surface area contributed by atoms with E-state index in [9.17, 15) is 17.2 Å². The molecule has 0 spiro atoms. The minimum absolute atomic E-state index is 0.0243. The van der Waals surface area contributed by atoms with Gasteiger partial charge >= 0.3 is 0 Å². The van der Waals surface area contributed by atoms with Crippen LogP contribution in [0.5, 0.6) is 0 Å². The second kappa shape index (κ2) is 7.62. The normalized spacial score (nSPS) is 12.4. The third-order valence-electron chi connectivity index (χ3n) is 2.71. The molecule has 21 heavy (non-hydrogen) atoms. The molecule has 120 valence electrons. The van der Waals surface area contributed by atoms with Crippen LogP contribution in [0.25, 0.3) is 0 Å². The predicted molar refractivity (Wildman–Crippen MR) is 82.0 cm³/mol. The van der Waals surface area contributed by atoms with E-state index in [1.165, 1.54) is 6.07 Å². The standard InChI is InChI=1S/C13H19BrF2N2O2S/c1-8(2)17-6-10-4-9(3)13(14)11(5-10)21(19,20)18-7-12(15)16/h4-5,8,12,17-18H,6-7H2,1-3H3. The van der Waals surface area contributed by atoms with Gasteiger partial charge in [0.1, 0.15) is 0 Å². The summed E-state index contributed by atoms with van der Waals surface area (Å²) in [5.74, 6) is 0. The van der Waals surface area contributed by atoms with Gasteiger partial charge in [0.05, 0.1) is 11.4 Å². The lowest BCUT2D eigenvalue weighted by Gasteiger charge is -2.14. The van der Waals surface area contributed by atoms with E-state index in [1.807, 2.05) is 24.6 Å². The highest BCUT2D eigenvalue weighted by molar-refractivity contribution is 9.10. The van der Waals surface area contributed by atoms with Gasteiger partial charge in [-0.3, -0.25) is 0 Å². The van der Waals surface area contributed by atoms with Crippen LogP contribution >= 0.6 is 15.9 Å². The first kappa shape index (κ1) is 18.5. The number of aryl methyl sites for hydroxylation is 1. The van der Waals surface area contributed by atoms with Crippen LogP contribution in [0.15, 0.2) is 21.5 Å². The molecule has 0 radical (unpaired) electrons. The first-order chi connectivity index (χ1) is 9.63. The van der Waals surface area contributed by atoms with Gasteiger partial charge in [-0.2, -0.15) is 0 Å². The van der Waals surface area contributed by atoms with Crippen molar-refractivity contribution in [1.82, 2.24) is 10.0 Å². The lowest BCUT2D eigenvalue weighted by Crippen LogP contribution is -2.29. The lowest BCUT2D eigenvalue weighted by atomic mass is 10.1. The van der Waals surface area contributed by atoms with E-state index in [0.29, 0.717) is 11.0 Å². The van der Waals surface area contributed by atoms with Crippen molar-refractivity contribution < 1.29 is 17.2 Å². The Labute approximate surface area is 132 Å². The Bertz CT molecular complexity index is 592. The molecule has 0 unspecified atom stereocenters. The van der Waals surface area contributed by atoms with Crippen molar-refractivity contribution in [1.29, 1.82) is 0 Å². The van der Waals surface area contributed by atoms with Crippen molar-refractivity contribution in [3.05, 3.63) is 27.7 Å². The molecule has 1 aromatic rings. The van der Waals surface area contributed by atoms with Crippen LogP contribution in [-0.4, -0.2) is 27.4 Å². The number of hydrogen-bond donors (Lipinski definition) is 2. The van der Waals surface area contributed by atoms with E-state index >= 15 is 0 Å². The predicted octanol–water partition coefficient (Wildman–Crippen LogP) is 2.80. The molecular weight excluding hydrogens is 366 g/mol. The number of halogens is 3. The van der Waals surface area contributed by atoms with Crippen molar-refractivity contribution in [2.24, 2.45) is 0 Å². The summed E-state index contributed by atoms with van der Waals surface area (Å²) in [5, 5.41) is 3.19. The zero-order valence-electron chi connectivity index (χ0n) is 12.1. The van der Waals surface area contributed by atoms with Gasteiger partial charge in [0.25, 0.3) is 6.43 Å². The molecule has 0 aliphatic carbocycles. The average Bonchev–Trinajstić information content (AvgIpc) is 2.37. The van der Waals surface area contributed by atoms with Crippen molar-refractivity contribution in [2.75, 3.05) is 6.54 Å². The fourth-order valence-corrected chi connectivity index (χ4v) is 3.75. The molecule has 0 aromatic heterocycles. The lowest BCUT2D eigenvalue weighted by molar-refractivity contribution is 0.153. The van der Waals surface area contributed by atoms with Gasteiger partial charge in [0.2, 0.25) is 10.0 Å². The second-order valence-corrected chi connectivity index (χ2v) is 7.53. The molecule has 0 bridgehead atoms. The summed E-state index contributed by atoms with van der Waals surface area (Å²) in [5.41, 5.74) is 1.51. The van der Waals surface area contributed by atoms with Crippen LogP contribution in [0.4, 0.5) is 8.78 Å². The molecular formula is C13H19BrF2N2O2S. The smallest absolute Gasteiger partial charge is 0.251 e. The Morgan fingerprint density at radius 1 is 1.29 bits per heavy atom. The highest BCUT2D eigenvalue weighted by atomic mass is 79.9. The third kappa shape index (κ3) is 5.61. The second-order valence-electron chi connectivity index (χ2n) is 5.00. The number of alkyl halides is 2. The number of rotatable bonds is 7. The van der Waals surface area contributed by atoms with Crippen LogP contribution in [0.1, 0.15) is 25.0 Å². The summed E-state index contributed by atoms with van der Waals surface area (Å²) >= 11 is 3.21. The van der Waals surface area contributed by atoms with Gasteiger partial charge in [-0.1, -0.05) is 19.9 Å². The largest absolute Gasteiger partial charge is 0.310 e. The minimum atomic E-state index is -3.97. The summed E-state index contributed by atoms with van der Waals surface area (Å²) in [6, 6.07) is 3.59. The van der Waals surface area contributed by atoms with Crippen molar-refractivity contribution in [3.63, 3.8) is 0 Å². The van der Waals surface area contributed by atoms with Gasteiger partial charge in [-0.05, 0) is 40.0 Å². The summed E-state index contributed by atoms with van der Waals surface area (Å²) in [6.45, 7) is 5.32. The quantitative estimate of drug-likeness (QED) is 0.759. The molecule has 0 aliphatic heterocycles. The number of sulfonamides is 1. The van der Waals surface area contributed by atoms with Crippen molar-refractivity contribution in [3.8, 4) is 0 Å². The Balaban J connectivity index is 3.10. The molecule has 1 rings (SSSR count). The molecule has 0 atom stereocenters. The zero-order valence-corrected chi connectivity index (χ0v) is 14.5. The summed E-state index contributed by atoms with van der Waals surface area (Å²) in [4.78, 5) is -0.0243. The number of benzene rings is 1. The Morgan fingerprint density at radius 2 is 1.90 bits per heavy atom. The van der Waals surface area contributed by atoms with E-state index in [-0.39, 0.29) is 10.9 Å². The van der Waals surface area contributed by atoms with Crippen molar-refractivity contribution in [2.45, 2.75) is 44.7 Å². The summed E-state index contributed by atoms with van der Waals surface area (Å²) in [6.07, 6.45) is -2.73. The Kier molecular flexibility index (Phi) is 6.71. The monoisotopic (exact) mass is 384 g/mol. The van der Waals surface area contributed by atoms with Gasteiger partial charge in [-0.25, -0.2) is 21.9 Å². The first-order valence-electron chi connectivity index (χ1n) is 6.43. The molecule has 4 nitrogen and oxygen atoms in total. The van der Waals surface area contributed by atoms with Crippen LogP contribution in [-0.2, 0) is 16.6 Å². The van der Waals surface area contributed by atoms with E-state index in [1.54, 1.807) is 6.92 Å². The minimum Gasteiger partial charge on any atom is -0.310 e. The summed E-state index contributed by atoms with van der Waals surface area (Å²) in [7, 11) is -3.97. The summed E-state index contributed by atoms with van der Waals surface area (Å²) < 4.78 is 50.9. The fraction of sp³-hybridized carbons (Fsp3) is 0.538. The molecule has 0 heterocycles. The van der Waals surface area contributed by atoms with E-state index in [2.05, 4.69) is 21.2 Å². The average molecular weight is 385 g/mol. The Hall–Kier alpha value is -0.570. The number of nitrogens with one attached hydrogen (secondary N) is 2. The van der Waals surface area contributed by atoms with Crippen LogP contribution in [0, 0.1) is 6.92 Å². The number of hydrogen-bond acceptors (Lipinski definition) is 3. The SMILES string of the molecule is Cc1cc(CNC(C)C)cc(S(=O)(=O)NCC(F)F)c1Br. The van der Waals surface area contributed by atoms with Crippen LogP contribution < -0.4 is 10.0 Å². The van der Waals surface area contributed by atoms with E-state index in [4.69, 9.17) is 0 Å². The molecule has 2 N–H and O–H groups in total. The topological polar surface area (TPSA) is 58.2 Å². The molecule has 8 heteroatoms. The van der Waals surface area contributed by atoms with Crippen LogP contribution in [0.3, 0.4) is 0 Å². The van der Waals surface area contributed by atoms with Crippen LogP contribution in [0.2, 0.25) is 0 Å². The molecule has 0 saturated carbocycles. The Morgan fingerprint density at radius 3 is 2.43 bits per heavy atom. The highest BCUT2D eigenvalue weighted by Gasteiger charge is 2.21. The first-order valence-corrected chi connectivity index (χ1v) is 8.71. The molecule has 0 amide bonds. The highest BCUT2D eigenvalue weighted by Crippen LogP contribution is 2.27. The molecule has 0 saturated heterocycles. The molecule has 0 fully saturated rings. The molecule has 0 aliphatic rings. The maximum atomic E-state index is 12.2. The van der Waals surface area contributed by atoms with Gasteiger partial charge < -0.3 is 5.32 Å². The maximum Gasteiger partial charge on any atom is 0.251 e. The van der Waals surface area contributed by atoms with Gasteiger partial charge in [-0.15, -0.1) is 0 Å². The van der Waals surface area contributed by atoms with E-state index < -0.39 is 23.0 Å². The zero-order chi connectivity index (χ0) is 16.2. The maximum absolute atomic E-state index is 12.2. The van der Waals surface area contributed by atoms with Gasteiger partial charge in [0, 0.05) is 17.1 Å². The third-order valence-corrected chi connectivity index (χ3v) is 5.48. The molecule has 1 aromatic carbocycles. The fourth-order valence-electron chi connectivity index (χ4n) is 1.68.